The number of likely N-dealkylation sites (tertiary alicyclic amines) is 1. The molecular weight excluding hydrogens is 252 g/mol. The van der Waals surface area contributed by atoms with E-state index >= 15 is 0 Å². The molecule has 118 valence electrons. The fraction of sp³-hybridized carbons (Fsp3) is 0.938. The molecule has 1 aliphatic heterocycles. The topological polar surface area (TPSA) is 41.6 Å². The second-order valence-electron chi connectivity index (χ2n) is 6.14. The fourth-order valence-corrected chi connectivity index (χ4v) is 2.53. The summed E-state index contributed by atoms with van der Waals surface area (Å²) in [6, 6.07) is 0. The van der Waals surface area contributed by atoms with Crippen LogP contribution >= 0.6 is 0 Å². The van der Waals surface area contributed by atoms with Gasteiger partial charge in [-0.05, 0) is 58.2 Å². The molecule has 0 aromatic heterocycles. The third kappa shape index (κ3) is 7.25. The Morgan fingerprint density at radius 2 is 2.05 bits per heavy atom. The number of amides is 1. The van der Waals surface area contributed by atoms with Gasteiger partial charge < -0.3 is 15.0 Å². The zero-order valence-electron chi connectivity index (χ0n) is 13.5. The van der Waals surface area contributed by atoms with Crippen LogP contribution in [0.15, 0.2) is 0 Å². The van der Waals surface area contributed by atoms with Crippen molar-refractivity contribution < 1.29 is 9.53 Å². The number of piperidine rings is 1. The Morgan fingerprint density at radius 1 is 1.35 bits per heavy atom. The van der Waals surface area contributed by atoms with Crippen molar-refractivity contribution in [3.05, 3.63) is 0 Å². The van der Waals surface area contributed by atoms with Gasteiger partial charge in [-0.15, -0.1) is 0 Å². The molecule has 0 radical (unpaired) electrons. The monoisotopic (exact) mass is 284 g/mol. The van der Waals surface area contributed by atoms with Gasteiger partial charge >= 0.3 is 0 Å². The average molecular weight is 284 g/mol. The Balaban J connectivity index is 2.09. The van der Waals surface area contributed by atoms with Gasteiger partial charge in [-0.1, -0.05) is 13.8 Å². The molecule has 0 aromatic carbocycles. The molecule has 1 fully saturated rings. The SMILES string of the molecule is CCOCCCNC(=O)C1CCN(CCC(C)C)CC1. The second-order valence-corrected chi connectivity index (χ2v) is 6.14. The maximum atomic E-state index is 12.0. The quantitative estimate of drug-likeness (QED) is 0.661. The van der Waals surface area contributed by atoms with Gasteiger partial charge in [0.05, 0.1) is 0 Å². The fourth-order valence-electron chi connectivity index (χ4n) is 2.53. The highest BCUT2D eigenvalue weighted by molar-refractivity contribution is 5.78. The largest absolute Gasteiger partial charge is 0.382 e. The molecule has 0 bridgehead atoms. The molecule has 0 aromatic rings. The zero-order valence-corrected chi connectivity index (χ0v) is 13.5. The van der Waals surface area contributed by atoms with Crippen molar-refractivity contribution >= 4 is 5.91 Å². The van der Waals surface area contributed by atoms with E-state index < -0.39 is 0 Å². The first kappa shape index (κ1) is 17.4. The molecule has 4 heteroatoms. The van der Waals surface area contributed by atoms with Crippen LogP contribution in [0.2, 0.25) is 0 Å². The maximum Gasteiger partial charge on any atom is 0.223 e. The van der Waals surface area contributed by atoms with Gasteiger partial charge in [-0.3, -0.25) is 4.79 Å². The van der Waals surface area contributed by atoms with Gasteiger partial charge in [0.25, 0.3) is 0 Å². The third-order valence-electron chi connectivity index (χ3n) is 3.95. The van der Waals surface area contributed by atoms with Gasteiger partial charge in [0, 0.05) is 25.7 Å². The van der Waals surface area contributed by atoms with Crippen molar-refractivity contribution in [2.24, 2.45) is 11.8 Å². The summed E-state index contributed by atoms with van der Waals surface area (Å²) in [4.78, 5) is 14.5. The number of hydrogen-bond acceptors (Lipinski definition) is 3. The van der Waals surface area contributed by atoms with Gasteiger partial charge in [0.2, 0.25) is 5.91 Å². The number of nitrogens with one attached hydrogen (secondary N) is 1. The first-order valence-corrected chi connectivity index (χ1v) is 8.21. The summed E-state index contributed by atoms with van der Waals surface area (Å²) in [5.74, 6) is 1.23. The van der Waals surface area contributed by atoms with Gasteiger partial charge in [0.1, 0.15) is 0 Å². The first-order valence-electron chi connectivity index (χ1n) is 8.21. The molecule has 0 spiro atoms. The lowest BCUT2D eigenvalue weighted by atomic mass is 9.95. The Morgan fingerprint density at radius 3 is 2.65 bits per heavy atom. The van der Waals surface area contributed by atoms with Gasteiger partial charge in [0.15, 0.2) is 0 Å². The molecule has 1 heterocycles. The normalized spacial score (nSPS) is 17.6. The van der Waals surface area contributed by atoms with Crippen LogP contribution in [0, 0.1) is 11.8 Å². The van der Waals surface area contributed by atoms with E-state index in [9.17, 15) is 4.79 Å². The Labute approximate surface area is 124 Å². The van der Waals surface area contributed by atoms with E-state index in [2.05, 4.69) is 24.1 Å². The molecule has 1 saturated heterocycles. The summed E-state index contributed by atoms with van der Waals surface area (Å²) in [5, 5.41) is 3.04. The number of rotatable bonds is 9. The van der Waals surface area contributed by atoms with E-state index in [1.807, 2.05) is 6.92 Å². The predicted octanol–water partition coefficient (Wildman–Crippen LogP) is 2.29. The van der Waals surface area contributed by atoms with Crippen LogP contribution in [0.5, 0.6) is 0 Å². The standard InChI is InChI=1S/C16H32N2O2/c1-4-20-13-5-9-17-16(19)15-7-11-18(12-8-15)10-6-14(2)3/h14-15H,4-13H2,1-3H3,(H,17,19). The Kier molecular flexibility index (Phi) is 8.86. The van der Waals surface area contributed by atoms with Crippen LogP contribution in [-0.2, 0) is 9.53 Å². The number of hydrogen-bond donors (Lipinski definition) is 1. The smallest absolute Gasteiger partial charge is 0.223 e. The Bertz CT molecular complexity index is 261. The molecule has 4 nitrogen and oxygen atoms in total. The van der Waals surface area contributed by atoms with Crippen LogP contribution in [-0.4, -0.2) is 50.2 Å². The van der Waals surface area contributed by atoms with E-state index in [0.29, 0.717) is 0 Å². The minimum absolute atomic E-state index is 0.220. The molecule has 0 unspecified atom stereocenters. The maximum absolute atomic E-state index is 12.0. The number of nitrogens with zero attached hydrogens (tertiary/aromatic N) is 1. The lowest BCUT2D eigenvalue weighted by Gasteiger charge is -2.31. The van der Waals surface area contributed by atoms with Crippen LogP contribution in [0.25, 0.3) is 0 Å². The molecule has 20 heavy (non-hydrogen) atoms. The van der Waals surface area contributed by atoms with E-state index in [4.69, 9.17) is 4.74 Å². The van der Waals surface area contributed by atoms with Crippen molar-refractivity contribution in [2.45, 2.75) is 46.5 Å². The summed E-state index contributed by atoms with van der Waals surface area (Å²) in [6.07, 6.45) is 4.19. The summed E-state index contributed by atoms with van der Waals surface area (Å²) in [7, 11) is 0. The third-order valence-corrected chi connectivity index (χ3v) is 3.95. The molecule has 0 atom stereocenters. The second kappa shape index (κ2) is 10.2. The first-order chi connectivity index (χ1) is 9.63. The summed E-state index contributed by atoms with van der Waals surface area (Å²) in [5.41, 5.74) is 0. The minimum Gasteiger partial charge on any atom is -0.382 e. The lowest BCUT2D eigenvalue weighted by molar-refractivity contribution is -0.126. The van der Waals surface area contributed by atoms with E-state index in [0.717, 1.165) is 58.0 Å². The van der Waals surface area contributed by atoms with Crippen molar-refractivity contribution in [3.63, 3.8) is 0 Å². The lowest BCUT2D eigenvalue weighted by Crippen LogP contribution is -2.41. The molecule has 0 saturated carbocycles. The van der Waals surface area contributed by atoms with Crippen molar-refractivity contribution in [1.82, 2.24) is 10.2 Å². The highest BCUT2D eigenvalue weighted by Crippen LogP contribution is 2.18. The predicted molar refractivity (Wildman–Crippen MR) is 82.7 cm³/mol. The van der Waals surface area contributed by atoms with Crippen LogP contribution in [0.3, 0.4) is 0 Å². The molecular formula is C16H32N2O2. The summed E-state index contributed by atoms with van der Waals surface area (Å²) >= 11 is 0. The molecule has 1 N–H and O–H groups in total. The highest BCUT2D eigenvalue weighted by Gasteiger charge is 2.24. The zero-order chi connectivity index (χ0) is 14.8. The van der Waals surface area contributed by atoms with E-state index in [1.165, 1.54) is 13.0 Å². The minimum atomic E-state index is 0.220. The summed E-state index contributed by atoms with van der Waals surface area (Å²) < 4.78 is 5.26. The highest BCUT2D eigenvalue weighted by atomic mass is 16.5. The number of carbonyl (C=O) groups is 1. The van der Waals surface area contributed by atoms with E-state index in [-0.39, 0.29) is 11.8 Å². The van der Waals surface area contributed by atoms with Crippen LogP contribution in [0.1, 0.15) is 46.5 Å². The summed E-state index contributed by atoms with van der Waals surface area (Å²) in [6.45, 7) is 12.1. The van der Waals surface area contributed by atoms with Gasteiger partial charge in [-0.2, -0.15) is 0 Å². The van der Waals surface area contributed by atoms with Crippen molar-refractivity contribution in [2.75, 3.05) is 39.4 Å². The van der Waals surface area contributed by atoms with E-state index in [1.54, 1.807) is 0 Å². The van der Waals surface area contributed by atoms with Crippen molar-refractivity contribution in [1.29, 1.82) is 0 Å². The number of carbonyl (C=O) groups excluding carboxylic acids is 1. The Hall–Kier alpha value is -0.610. The van der Waals surface area contributed by atoms with Crippen LogP contribution < -0.4 is 5.32 Å². The molecule has 1 rings (SSSR count). The van der Waals surface area contributed by atoms with Gasteiger partial charge in [-0.25, -0.2) is 0 Å². The number of ether oxygens (including phenoxy) is 1. The molecule has 1 aliphatic rings. The average Bonchev–Trinajstić information content (AvgIpc) is 2.45. The van der Waals surface area contributed by atoms with Crippen LogP contribution in [0.4, 0.5) is 0 Å². The molecule has 0 aliphatic carbocycles. The van der Waals surface area contributed by atoms with Crippen molar-refractivity contribution in [3.8, 4) is 0 Å². The molecule has 1 amide bonds.